The van der Waals surface area contributed by atoms with E-state index in [4.69, 9.17) is 16.3 Å². The second kappa shape index (κ2) is 5.75. The lowest BCUT2D eigenvalue weighted by atomic mass is 10.2. The van der Waals surface area contributed by atoms with Crippen molar-refractivity contribution in [1.82, 2.24) is 14.8 Å². The SMILES string of the molecule is ClCc1ccc(Oc2ncn(-c3ccccc3)n2)cc1. The van der Waals surface area contributed by atoms with Crippen molar-refractivity contribution in [2.45, 2.75) is 5.88 Å². The van der Waals surface area contributed by atoms with Gasteiger partial charge in [0.1, 0.15) is 12.1 Å². The van der Waals surface area contributed by atoms with Crippen LogP contribution in [0.15, 0.2) is 60.9 Å². The number of hydrogen-bond acceptors (Lipinski definition) is 3. The van der Waals surface area contributed by atoms with E-state index in [1.807, 2.05) is 54.6 Å². The molecule has 0 aliphatic carbocycles. The van der Waals surface area contributed by atoms with Crippen LogP contribution in [0.25, 0.3) is 5.69 Å². The third kappa shape index (κ3) is 2.81. The number of ether oxygens (including phenoxy) is 1. The van der Waals surface area contributed by atoms with Gasteiger partial charge in [0.15, 0.2) is 0 Å². The standard InChI is InChI=1S/C15H12ClN3O/c16-10-12-6-8-14(9-7-12)20-15-17-11-19(18-15)13-4-2-1-3-5-13/h1-9,11H,10H2. The van der Waals surface area contributed by atoms with Crippen LogP contribution in [0.2, 0.25) is 0 Å². The van der Waals surface area contributed by atoms with E-state index < -0.39 is 0 Å². The summed E-state index contributed by atoms with van der Waals surface area (Å²) in [5.41, 5.74) is 1.98. The maximum atomic E-state index is 5.74. The third-order valence-corrected chi connectivity index (χ3v) is 3.09. The Morgan fingerprint density at radius 3 is 2.45 bits per heavy atom. The van der Waals surface area contributed by atoms with Crippen molar-refractivity contribution >= 4 is 11.6 Å². The second-order valence-corrected chi connectivity index (χ2v) is 4.45. The lowest BCUT2D eigenvalue weighted by Crippen LogP contribution is -1.94. The first kappa shape index (κ1) is 12.7. The second-order valence-electron chi connectivity index (χ2n) is 4.19. The monoisotopic (exact) mass is 285 g/mol. The number of aromatic nitrogens is 3. The third-order valence-electron chi connectivity index (χ3n) is 2.78. The molecule has 1 heterocycles. The van der Waals surface area contributed by atoms with Crippen molar-refractivity contribution < 1.29 is 4.74 Å². The number of benzene rings is 2. The van der Waals surface area contributed by atoms with Gasteiger partial charge in [0.25, 0.3) is 0 Å². The van der Waals surface area contributed by atoms with E-state index >= 15 is 0 Å². The van der Waals surface area contributed by atoms with E-state index in [1.165, 1.54) is 0 Å². The molecule has 0 spiro atoms. The summed E-state index contributed by atoms with van der Waals surface area (Å²) in [7, 11) is 0. The molecule has 100 valence electrons. The molecule has 0 unspecified atom stereocenters. The van der Waals surface area contributed by atoms with Crippen LogP contribution >= 0.6 is 11.6 Å². The van der Waals surface area contributed by atoms with Gasteiger partial charge in [-0.25, -0.2) is 4.68 Å². The summed E-state index contributed by atoms with van der Waals surface area (Å²) in [4.78, 5) is 4.13. The van der Waals surface area contributed by atoms with Crippen LogP contribution in [0.5, 0.6) is 11.8 Å². The molecule has 0 saturated carbocycles. The largest absolute Gasteiger partial charge is 0.423 e. The van der Waals surface area contributed by atoms with Crippen LogP contribution in [0.1, 0.15) is 5.56 Å². The molecule has 20 heavy (non-hydrogen) atoms. The minimum Gasteiger partial charge on any atom is -0.423 e. The molecule has 0 saturated heterocycles. The summed E-state index contributed by atoms with van der Waals surface area (Å²) in [6, 6.07) is 17.6. The minimum absolute atomic E-state index is 0.312. The maximum Gasteiger partial charge on any atom is 0.341 e. The molecule has 0 atom stereocenters. The first-order valence-corrected chi connectivity index (χ1v) is 6.68. The van der Waals surface area contributed by atoms with Gasteiger partial charge in [0.2, 0.25) is 0 Å². The number of nitrogens with zero attached hydrogens (tertiary/aromatic N) is 3. The highest BCUT2D eigenvalue weighted by molar-refractivity contribution is 6.17. The molecule has 0 aliphatic rings. The lowest BCUT2D eigenvalue weighted by molar-refractivity contribution is 0.441. The minimum atomic E-state index is 0.312. The molecule has 0 bridgehead atoms. The number of rotatable bonds is 4. The lowest BCUT2D eigenvalue weighted by Gasteiger charge is -2.02. The first-order valence-electron chi connectivity index (χ1n) is 6.15. The van der Waals surface area contributed by atoms with Gasteiger partial charge in [-0.2, -0.15) is 4.98 Å². The maximum absolute atomic E-state index is 5.74. The quantitative estimate of drug-likeness (QED) is 0.685. The van der Waals surface area contributed by atoms with Crippen molar-refractivity contribution in [1.29, 1.82) is 0 Å². The summed E-state index contributed by atoms with van der Waals surface area (Å²) in [5.74, 6) is 1.17. The fourth-order valence-electron chi connectivity index (χ4n) is 1.75. The molecule has 3 aromatic rings. The summed E-state index contributed by atoms with van der Waals surface area (Å²) in [6.07, 6.45) is 1.62. The molecule has 1 aromatic heterocycles. The fourth-order valence-corrected chi connectivity index (χ4v) is 1.93. The molecule has 4 nitrogen and oxygen atoms in total. The highest BCUT2D eigenvalue weighted by Gasteiger charge is 2.04. The summed E-state index contributed by atoms with van der Waals surface area (Å²) in [5, 5.41) is 4.28. The average molecular weight is 286 g/mol. The normalized spacial score (nSPS) is 10.4. The van der Waals surface area contributed by atoms with E-state index in [0.717, 1.165) is 11.3 Å². The van der Waals surface area contributed by atoms with E-state index in [1.54, 1.807) is 11.0 Å². The topological polar surface area (TPSA) is 39.9 Å². The predicted octanol–water partition coefficient (Wildman–Crippen LogP) is 3.80. The Morgan fingerprint density at radius 1 is 1.00 bits per heavy atom. The van der Waals surface area contributed by atoms with Gasteiger partial charge in [-0.15, -0.1) is 16.7 Å². The van der Waals surface area contributed by atoms with Crippen LogP contribution in [0.3, 0.4) is 0 Å². The van der Waals surface area contributed by atoms with Crippen molar-refractivity contribution in [2.75, 3.05) is 0 Å². The van der Waals surface area contributed by atoms with Gasteiger partial charge in [-0.3, -0.25) is 0 Å². The van der Waals surface area contributed by atoms with E-state index in [2.05, 4.69) is 10.1 Å². The van der Waals surface area contributed by atoms with Crippen LogP contribution in [0, 0.1) is 0 Å². The molecule has 0 radical (unpaired) electrons. The summed E-state index contributed by atoms with van der Waals surface area (Å²) in [6.45, 7) is 0. The Bertz CT molecular complexity index is 680. The van der Waals surface area contributed by atoms with Crippen LogP contribution in [-0.4, -0.2) is 14.8 Å². The average Bonchev–Trinajstić information content (AvgIpc) is 2.97. The van der Waals surface area contributed by atoms with Gasteiger partial charge in [0, 0.05) is 5.88 Å². The van der Waals surface area contributed by atoms with Crippen molar-refractivity contribution in [3.63, 3.8) is 0 Å². The van der Waals surface area contributed by atoms with Crippen LogP contribution in [0.4, 0.5) is 0 Å². The van der Waals surface area contributed by atoms with Crippen molar-refractivity contribution in [3.05, 3.63) is 66.5 Å². The van der Waals surface area contributed by atoms with Gasteiger partial charge in [-0.1, -0.05) is 30.3 Å². The van der Waals surface area contributed by atoms with Crippen molar-refractivity contribution in [3.8, 4) is 17.4 Å². The molecule has 0 aliphatic heterocycles. The van der Waals surface area contributed by atoms with E-state index in [9.17, 15) is 0 Å². The van der Waals surface area contributed by atoms with E-state index in [-0.39, 0.29) is 0 Å². The van der Waals surface area contributed by atoms with Crippen molar-refractivity contribution in [2.24, 2.45) is 0 Å². The Balaban J connectivity index is 1.77. The number of halogens is 1. The van der Waals surface area contributed by atoms with Crippen LogP contribution < -0.4 is 4.74 Å². The predicted molar refractivity (Wildman–Crippen MR) is 77.4 cm³/mol. The molecular formula is C15H12ClN3O. The summed E-state index contributed by atoms with van der Waals surface area (Å²) >= 11 is 5.74. The molecule has 0 amide bonds. The zero-order valence-electron chi connectivity index (χ0n) is 10.6. The number of hydrogen-bond donors (Lipinski definition) is 0. The summed E-state index contributed by atoms with van der Waals surface area (Å²) < 4.78 is 7.26. The highest BCUT2D eigenvalue weighted by atomic mass is 35.5. The van der Waals surface area contributed by atoms with E-state index in [0.29, 0.717) is 17.6 Å². The molecule has 5 heteroatoms. The van der Waals surface area contributed by atoms with Gasteiger partial charge in [-0.05, 0) is 29.8 Å². The molecular weight excluding hydrogens is 274 g/mol. The fraction of sp³-hybridized carbons (Fsp3) is 0.0667. The Hall–Kier alpha value is -2.33. The van der Waals surface area contributed by atoms with Crippen LogP contribution in [-0.2, 0) is 5.88 Å². The number of para-hydroxylation sites is 1. The molecule has 3 rings (SSSR count). The molecule has 0 fully saturated rings. The van der Waals surface area contributed by atoms with Gasteiger partial charge in [0.05, 0.1) is 5.69 Å². The first-order chi connectivity index (χ1) is 9.85. The zero-order valence-corrected chi connectivity index (χ0v) is 11.4. The Labute approximate surface area is 121 Å². The Kier molecular flexibility index (Phi) is 3.65. The zero-order chi connectivity index (χ0) is 13.8. The molecule has 2 aromatic carbocycles. The Morgan fingerprint density at radius 2 is 1.75 bits per heavy atom. The highest BCUT2D eigenvalue weighted by Crippen LogP contribution is 2.19. The number of alkyl halides is 1. The van der Waals surface area contributed by atoms with Gasteiger partial charge >= 0.3 is 6.01 Å². The van der Waals surface area contributed by atoms with Gasteiger partial charge < -0.3 is 4.74 Å². The molecule has 0 N–H and O–H groups in total. The smallest absolute Gasteiger partial charge is 0.341 e.